The van der Waals surface area contributed by atoms with Gasteiger partial charge in [-0.2, -0.15) is 0 Å². The summed E-state index contributed by atoms with van der Waals surface area (Å²) in [5.41, 5.74) is 7.27. The van der Waals surface area contributed by atoms with Crippen molar-refractivity contribution in [2.75, 3.05) is 18.6 Å². The van der Waals surface area contributed by atoms with Crippen LogP contribution in [0.15, 0.2) is 36.4 Å². The SMILES string of the molecule is COc1cc2c(c(C)c1C)N(c1ccccc1)CC1(CCC1)C2. The molecule has 0 N–H and O–H groups in total. The van der Waals surface area contributed by atoms with Crippen molar-refractivity contribution >= 4 is 11.4 Å². The van der Waals surface area contributed by atoms with Crippen LogP contribution in [0, 0.1) is 19.3 Å². The van der Waals surface area contributed by atoms with E-state index in [2.05, 4.69) is 55.1 Å². The third kappa shape index (κ3) is 2.23. The monoisotopic (exact) mass is 307 g/mol. The van der Waals surface area contributed by atoms with E-state index in [-0.39, 0.29) is 0 Å². The van der Waals surface area contributed by atoms with Crippen molar-refractivity contribution in [2.24, 2.45) is 5.41 Å². The Balaban J connectivity index is 1.90. The van der Waals surface area contributed by atoms with Gasteiger partial charge < -0.3 is 9.64 Å². The zero-order chi connectivity index (χ0) is 16.0. The van der Waals surface area contributed by atoms with Crippen LogP contribution in [0.4, 0.5) is 11.4 Å². The smallest absolute Gasteiger partial charge is 0.122 e. The highest BCUT2D eigenvalue weighted by Gasteiger charge is 2.43. The molecule has 23 heavy (non-hydrogen) atoms. The Labute approximate surface area is 139 Å². The lowest BCUT2D eigenvalue weighted by molar-refractivity contribution is 0.138. The van der Waals surface area contributed by atoms with Crippen LogP contribution in [0.25, 0.3) is 0 Å². The standard InChI is InChI=1S/C21H25NO/c1-15-16(2)20-17(12-19(15)23-3)13-21(10-7-11-21)14-22(20)18-8-5-4-6-9-18/h4-6,8-9,12H,7,10-11,13-14H2,1-3H3. The Morgan fingerprint density at radius 3 is 2.39 bits per heavy atom. The van der Waals surface area contributed by atoms with E-state index in [0.717, 1.165) is 12.3 Å². The lowest BCUT2D eigenvalue weighted by Gasteiger charge is -2.50. The molecule has 4 rings (SSSR count). The molecular formula is C21H25NO. The summed E-state index contributed by atoms with van der Waals surface area (Å²) < 4.78 is 5.63. The Bertz CT molecular complexity index is 731. The summed E-state index contributed by atoms with van der Waals surface area (Å²) >= 11 is 0. The van der Waals surface area contributed by atoms with Crippen molar-refractivity contribution < 1.29 is 4.74 Å². The van der Waals surface area contributed by atoms with E-state index in [9.17, 15) is 0 Å². The maximum absolute atomic E-state index is 5.63. The normalized spacial score (nSPS) is 18.5. The van der Waals surface area contributed by atoms with Gasteiger partial charge in [0.15, 0.2) is 0 Å². The van der Waals surface area contributed by atoms with Crippen molar-refractivity contribution in [3.05, 3.63) is 53.1 Å². The topological polar surface area (TPSA) is 12.5 Å². The molecular weight excluding hydrogens is 282 g/mol. The van der Waals surface area contributed by atoms with Gasteiger partial charge in [0.05, 0.1) is 7.11 Å². The van der Waals surface area contributed by atoms with Crippen LogP contribution >= 0.6 is 0 Å². The Morgan fingerprint density at radius 1 is 1.04 bits per heavy atom. The zero-order valence-electron chi connectivity index (χ0n) is 14.4. The van der Waals surface area contributed by atoms with E-state index >= 15 is 0 Å². The minimum Gasteiger partial charge on any atom is -0.496 e. The fourth-order valence-corrected chi connectivity index (χ4v) is 4.38. The zero-order valence-corrected chi connectivity index (χ0v) is 14.4. The predicted molar refractivity (Wildman–Crippen MR) is 95.9 cm³/mol. The third-order valence-electron chi connectivity index (χ3n) is 5.93. The molecule has 0 atom stereocenters. The number of benzene rings is 2. The second kappa shape index (κ2) is 5.30. The molecule has 0 bridgehead atoms. The minimum absolute atomic E-state index is 0.468. The molecule has 1 heterocycles. The number of hydrogen-bond donors (Lipinski definition) is 0. The average Bonchev–Trinajstić information content (AvgIpc) is 2.56. The number of anilines is 2. The molecule has 0 saturated heterocycles. The van der Waals surface area contributed by atoms with Gasteiger partial charge in [0.2, 0.25) is 0 Å². The van der Waals surface area contributed by atoms with Gasteiger partial charge in [0.25, 0.3) is 0 Å². The molecule has 0 amide bonds. The molecule has 2 nitrogen and oxygen atoms in total. The molecule has 1 aliphatic heterocycles. The quantitative estimate of drug-likeness (QED) is 0.758. The molecule has 2 aliphatic rings. The van der Waals surface area contributed by atoms with E-state index in [1.54, 1.807) is 7.11 Å². The minimum atomic E-state index is 0.468. The molecule has 1 spiro atoms. The number of nitrogens with zero attached hydrogens (tertiary/aromatic N) is 1. The molecule has 2 heteroatoms. The summed E-state index contributed by atoms with van der Waals surface area (Å²) in [6.45, 7) is 5.56. The Morgan fingerprint density at radius 2 is 1.78 bits per heavy atom. The fraction of sp³-hybridized carbons (Fsp3) is 0.429. The molecule has 0 aromatic heterocycles. The lowest BCUT2D eigenvalue weighted by Crippen LogP contribution is -2.46. The average molecular weight is 307 g/mol. The van der Waals surface area contributed by atoms with Gasteiger partial charge in [0, 0.05) is 17.9 Å². The molecule has 1 aliphatic carbocycles. The lowest BCUT2D eigenvalue weighted by atomic mass is 9.63. The van der Waals surface area contributed by atoms with Crippen LogP contribution in [0.3, 0.4) is 0 Å². The van der Waals surface area contributed by atoms with Crippen molar-refractivity contribution in [1.29, 1.82) is 0 Å². The van der Waals surface area contributed by atoms with Crippen LogP contribution in [0.2, 0.25) is 0 Å². The number of ether oxygens (including phenoxy) is 1. The number of fused-ring (bicyclic) bond motifs is 1. The molecule has 1 saturated carbocycles. The van der Waals surface area contributed by atoms with E-state index < -0.39 is 0 Å². The maximum atomic E-state index is 5.63. The van der Waals surface area contributed by atoms with Gasteiger partial charge in [-0.05, 0) is 73.4 Å². The first-order valence-corrected chi connectivity index (χ1v) is 8.63. The predicted octanol–water partition coefficient (Wildman–Crippen LogP) is 5.18. The van der Waals surface area contributed by atoms with Gasteiger partial charge in [-0.15, -0.1) is 0 Å². The summed E-state index contributed by atoms with van der Waals surface area (Å²) in [6.07, 6.45) is 5.28. The second-order valence-electron chi connectivity index (χ2n) is 7.29. The van der Waals surface area contributed by atoms with Gasteiger partial charge in [-0.3, -0.25) is 0 Å². The van der Waals surface area contributed by atoms with Crippen molar-refractivity contribution in [2.45, 2.75) is 39.5 Å². The summed E-state index contributed by atoms with van der Waals surface area (Å²) in [7, 11) is 1.78. The summed E-state index contributed by atoms with van der Waals surface area (Å²) in [4.78, 5) is 2.56. The van der Waals surface area contributed by atoms with Crippen molar-refractivity contribution in [3.8, 4) is 5.75 Å². The number of hydrogen-bond acceptors (Lipinski definition) is 2. The molecule has 0 radical (unpaired) electrons. The van der Waals surface area contributed by atoms with Gasteiger partial charge in [-0.1, -0.05) is 24.6 Å². The summed E-state index contributed by atoms with van der Waals surface area (Å²) in [5.74, 6) is 1.03. The molecule has 0 unspecified atom stereocenters. The van der Waals surface area contributed by atoms with Crippen molar-refractivity contribution in [1.82, 2.24) is 0 Å². The molecule has 2 aromatic rings. The molecule has 120 valence electrons. The number of para-hydroxylation sites is 1. The van der Waals surface area contributed by atoms with E-state index in [4.69, 9.17) is 4.74 Å². The summed E-state index contributed by atoms with van der Waals surface area (Å²) in [6, 6.07) is 13.1. The van der Waals surface area contributed by atoms with Crippen LogP contribution in [0.1, 0.15) is 36.0 Å². The second-order valence-corrected chi connectivity index (χ2v) is 7.29. The van der Waals surface area contributed by atoms with E-state index in [1.807, 2.05) is 0 Å². The molecule has 2 aromatic carbocycles. The van der Waals surface area contributed by atoms with Gasteiger partial charge in [-0.25, -0.2) is 0 Å². The van der Waals surface area contributed by atoms with Crippen LogP contribution in [-0.4, -0.2) is 13.7 Å². The highest BCUT2D eigenvalue weighted by Crippen LogP contribution is 2.53. The van der Waals surface area contributed by atoms with Crippen LogP contribution in [-0.2, 0) is 6.42 Å². The number of rotatable bonds is 2. The Hall–Kier alpha value is -1.96. The van der Waals surface area contributed by atoms with Gasteiger partial charge in [0.1, 0.15) is 5.75 Å². The Kier molecular flexibility index (Phi) is 3.37. The van der Waals surface area contributed by atoms with Crippen molar-refractivity contribution in [3.63, 3.8) is 0 Å². The first-order chi connectivity index (χ1) is 11.1. The summed E-state index contributed by atoms with van der Waals surface area (Å²) in [5, 5.41) is 0. The van der Waals surface area contributed by atoms with E-state index in [0.29, 0.717) is 5.41 Å². The maximum Gasteiger partial charge on any atom is 0.122 e. The van der Waals surface area contributed by atoms with Crippen LogP contribution in [0.5, 0.6) is 5.75 Å². The third-order valence-corrected chi connectivity index (χ3v) is 5.93. The van der Waals surface area contributed by atoms with Crippen LogP contribution < -0.4 is 9.64 Å². The fourth-order valence-electron chi connectivity index (χ4n) is 4.38. The first kappa shape index (κ1) is 14.6. The molecule has 1 fully saturated rings. The largest absolute Gasteiger partial charge is 0.496 e. The van der Waals surface area contributed by atoms with E-state index in [1.165, 1.54) is 53.7 Å². The first-order valence-electron chi connectivity index (χ1n) is 8.63. The highest BCUT2D eigenvalue weighted by molar-refractivity contribution is 5.74. The van der Waals surface area contributed by atoms with Gasteiger partial charge >= 0.3 is 0 Å². The number of methoxy groups -OCH3 is 1. The highest BCUT2D eigenvalue weighted by atomic mass is 16.5.